The van der Waals surface area contributed by atoms with Crippen LogP contribution in [0.2, 0.25) is 0 Å². The van der Waals surface area contributed by atoms with Crippen molar-refractivity contribution in [1.82, 2.24) is 9.38 Å². The van der Waals surface area contributed by atoms with E-state index in [1.807, 2.05) is 18.2 Å². The Labute approximate surface area is 114 Å². The number of carboxylic acids is 1. The standard InChI is InChI=1S/C13H14N2O3S/c16-13(17)11-12(19-9-4-7-18-8-5-9)14-10-3-1-2-6-15(10)11/h1-3,6,9H,4-5,7-8H2,(H,16,17). The average Bonchev–Trinajstić information content (AvgIpc) is 2.77. The maximum Gasteiger partial charge on any atom is 0.355 e. The molecule has 100 valence electrons. The predicted octanol–water partition coefficient (Wildman–Crippen LogP) is 2.30. The highest BCUT2D eigenvalue weighted by atomic mass is 32.2. The van der Waals surface area contributed by atoms with E-state index in [0.717, 1.165) is 26.1 Å². The van der Waals surface area contributed by atoms with Crippen LogP contribution in [0.25, 0.3) is 5.65 Å². The van der Waals surface area contributed by atoms with Gasteiger partial charge in [0, 0.05) is 24.7 Å². The van der Waals surface area contributed by atoms with Crippen LogP contribution in [-0.2, 0) is 4.74 Å². The molecule has 0 aliphatic carbocycles. The molecule has 1 aliphatic heterocycles. The Morgan fingerprint density at radius 2 is 2.21 bits per heavy atom. The first-order valence-electron chi connectivity index (χ1n) is 6.20. The zero-order valence-corrected chi connectivity index (χ0v) is 11.1. The molecule has 0 amide bonds. The predicted molar refractivity (Wildman–Crippen MR) is 71.8 cm³/mol. The van der Waals surface area contributed by atoms with Crippen LogP contribution in [0.5, 0.6) is 0 Å². The van der Waals surface area contributed by atoms with Gasteiger partial charge >= 0.3 is 5.97 Å². The Balaban J connectivity index is 1.97. The van der Waals surface area contributed by atoms with Gasteiger partial charge in [-0.2, -0.15) is 0 Å². The summed E-state index contributed by atoms with van der Waals surface area (Å²) in [7, 11) is 0. The van der Waals surface area contributed by atoms with Gasteiger partial charge in [0.25, 0.3) is 0 Å². The Hall–Kier alpha value is -1.53. The number of fused-ring (bicyclic) bond motifs is 1. The third-order valence-corrected chi connectivity index (χ3v) is 4.46. The summed E-state index contributed by atoms with van der Waals surface area (Å²) in [6.45, 7) is 1.49. The molecule has 0 saturated carbocycles. The number of rotatable bonds is 3. The monoisotopic (exact) mass is 278 g/mol. The lowest BCUT2D eigenvalue weighted by Gasteiger charge is -2.20. The first-order chi connectivity index (χ1) is 9.25. The molecular formula is C13H14N2O3S. The fourth-order valence-corrected chi connectivity index (χ4v) is 3.39. The van der Waals surface area contributed by atoms with Crippen LogP contribution >= 0.6 is 11.8 Å². The van der Waals surface area contributed by atoms with Crippen molar-refractivity contribution >= 4 is 23.4 Å². The highest BCUT2D eigenvalue weighted by Gasteiger charge is 2.23. The van der Waals surface area contributed by atoms with Crippen LogP contribution in [0.4, 0.5) is 0 Å². The second-order valence-corrected chi connectivity index (χ2v) is 5.72. The minimum absolute atomic E-state index is 0.257. The van der Waals surface area contributed by atoms with Gasteiger partial charge in [-0.25, -0.2) is 9.78 Å². The van der Waals surface area contributed by atoms with Crippen LogP contribution in [0.3, 0.4) is 0 Å². The molecule has 6 heteroatoms. The number of thioether (sulfide) groups is 1. The maximum absolute atomic E-state index is 11.4. The molecule has 3 heterocycles. The Bertz CT molecular complexity index is 605. The number of nitrogens with zero attached hydrogens (tertiary/aromatic N) is 2. The lowest BCUT2D eigenvalue weighted by atomic mass is 10.2. The number of aromatic carboxylic acids is 1. The van der Waals surface area contributed by atoms with Crippen molar-refractivity contribution in [2.45, 2.75) is 23.1 Å². The summed E-state index contributed by atoms with van der Waals surface area (Å²) in [5.41, 5.74) is 0.932. The van der Waals surface area contributed by atoms with Gasteiger partial charge in [-0.05, 0) is 25.0 Å². The largest absolute Gasteiger partial charge is 0.476 e. The van der Waals surface area contributed by atoms with Crippen LogP contribution in [0, 0.1) is 0 Å². The molecule has 0 aromatic carbocycles. The van der Waals surface area contributed by atoms with Crippen molar-refractivity contribution in [2.24, 2.45) is 0 Å². The van der Waals surface area contributed by atoms with Gasteiger partial charge in [0.15, 0.2) is 5.69 Å². The fraction of sp³-hybridized carbons (Fsp3) is 0.385. The Morgan fingerprint density at radius 1 is 1.42 bits per heavy atom. The lowest BCUT2D eigenvalue weighted by molar-refractivity contribution is 0.0685. The summed E-state index contributed by atoms with van der Waals surface area (Å²) in [5.74, 6) is -0.937. The third-order valence-electron chi connectivity index (χ3n) is 3.15. The highest BCUT2D eigenvalue weighted by molar-refractivity contribution is 7.99. The second kappa shape index (κ2) is 5.22. The molecule has 1 fully saturated rings. The summed E-state index contributed by atoms with van der Waals surface area (Å²) in [4.78, 5) is 15.9. The van der Waals surface area contributed by atoms with Crippen LogP contribution in [-0.4, -0.2) is 38.9 Å². The Kier molecular flexibility index (Phi) is 3.44. The minimum Gasteiger partial charge on any atom is -0.476 e. The second-order valence-electron chi connectivity index (χ2n) is 4.43. The van der Waals surface area contributed by atoms with E-state index in [1.54, 1.807) is 22.4 Å². The summed E-state index contributed by atoms with van der Waals surface area (Å²) >= 11 is 1.55. The molecule has 0 spiro atoms. The Morgan fingerprint density at radius 3 is 2.95 bits per heavy atom. The lowest BCUT2D eigenvalue weighted by Crippen LogP contribution is -2.17. The van der Waals surface area contributed by atoms with Crippen molar-refractivity contribution in [3.8, 4) is 0 Å². The van der Waals surface area contributed by atoms with Crippen molar-refractivity contribution in [1.29, 1.82) is 0 Å². The molecule has 5 nitrogen and oxygen atoms in total. The zero-order valence-electron chi connectivity index (χ0n) is 10.3. The number of pyridine rings is 1. The smallest absolute Gasteiger partial charge is 0.355 e. The molecule has 19 heavy (non-hydrogen) atoms. The summed E-state index contributed by atoms with van der Waals surface area (Å²) in [6.07, 6.45) is 3.62. The third kappa shape index (κ3) is 2.46. The molecule has 0 bridgehead atoms. The van der Waals surface area contributed by atoms with E-state index < -0.39 is 5.97 Å². The van der Waals surface area contributed by atoms with Gasteiger partial charge in [0.05, 0.1) is 0 Å². The molecule has 0 unspecified atom stereocenters. The van der Waals surface area contributed by atoms with E-state index in [-0.39, 0.29) is 5.69 Å². The first kappa shape index (κ1) is 12.5. The summed E-state index contributed by atoms with van der Waals surface area (Å²) < 4.78 is 6.95. The van der Waals surface area contributed by atoms with E-state index in [4.69, 9.17) is 4.74 Å². The van der Waals surface area contributed by atoms with Crippen LogP contribution < -0.4 is 0 Å². The molecule has 1 N–H and O–H groups in total. The van der Waals surface area contributed by atoms with Crippen molar-refractivity contribution in [3.05, 3.63) is 30.1 Å². The van der Waals surface area contributed by atoms with Crippen LogP contribution in [0.15, 0.2) is 29.4 Å². The molecule has 3 rings (SSSR count). The van der Waals surface area contributed by atoms with Crippen molar-refractivity contribution in [3.63, 3.8) is 0 Å². The molecule has 0 atom stereocenters. The maximum atomic E-state index is 11.4. The molecule has 2 aromatic rings. The van der Waals surface area contributed by atoms with Gasteiger partial charge in [-0.15, -0.1) is 11.8 Å². The van der Waals surface area contributed by atoms with Gasteiger partial charge in [0.1, 0.15) is 10.7 Å². The fourth-order valence-electron chi connectivity index (χ4n) is 2.20. The van der Waals surface area contributed by atoms with E-state index in [0.29, 0.717) is 15.9 Å². The van der Waals surface area contributed by atoms with Crippen molar-refractivity contribution < 1.29 is 14.6 Å². The molecule has 1 aliphatic rings. The number of carboxylic acid groups (broad SMARTS) is 1. The van der Waals surface area contributed by atoms with Gasteiger partial charge in [-0.3, -0.25) is 4.40 Å². The minimum atomic E-state index is -0.937. The topological polar surface area (TPSA) is 63.8 Å². The van der Waals surface area contributed by atoms with Crippen LogP contribution in [0.1, 0.15) is 23.3 Å². The van der Waals surface area contributed by atoms with Gasteiger partial charge < -0.3 is 9.84 Å². The van der Waals surface area contributed by atoms with E-state index in [1.165, 1.54) is 0 Å². The van der Waals surface area contributed by atoms with E-state index >= 15 is 0 Å². The number of imidazole rings is 1. The molecule has 2 aromatic heterocycles. The summed E-state index contributed by atoms with van der Waals surface area (Å²) in [5, 5.41) is 10.4. The zero-order chi connectivity index (χ0) is 13.2. The quantitative estimate of drug-likeness (QED) is 0.933. The number of hydrogen-bond acceptors (Lipinski definition) is 4. The number of carbonyl (C=O) groups is 1. The number of aromatic nitrogens is 2. The molecule has 1 saturated heterocycles. The molecular weight excluding hydrogens is 264 g/mol. The normalized spacial score (nSPS) is 16.8. The number of hydrogen-bond donors (Lipinski definition) is 1. The van der Waals surface area contributed by atoms with Gasteiger partial charge in [0.2, 0.25) is 0 Å². The summed E-state index contributed by atoms with van der Waals surface area (Å²) in [6, 6.07) is 5.49. The highest BCUT2D eigenvalue weighted by Crippen LogP contribution is 2.32. The van der Waals surface area contributed by atoms with Gasteiger partial charge in [-0.1, -0.05) is 6.07 Å². The SMILES string of the molecule is O=C(O)c1c(SC2CCOCC2)nc2ccccn12. The first-order valence-corrected chi connectivity index (χ1v) is 7.08. The average molecular weight is 278 g/mol. The molecule has 0 radical (unpaired) electrons. The van der Waals surface area contributed by atoms with E-state index in [9.17, 15) is 9.90 Å². The van der Waals surface area contributed by atoms with E-state index in [2.05, 4.69) is 4.98 Å². The van der Waals surface area contributed by atoms with Crippen molar-refractivity contribution in [2.75, 3.05) is 13.2 Å². The number of ether oxygens (including phenoxy) is 1.